The highest BCUT2D eigenvalue weighted by molar-refractivity contribution is 6.33. The molecule has 1 heterocycles. The van der Waals surface area contributed by atoms with Crippen LogP contribution < -0.4 is 15.6 Å². The Labute approximate surface area is 171 Å². The van der Waals surface area contributed by atoms with Gasteiger partial charge in [0.2, 0.25) is 0 Å². The summed E-state index contributed by atoms with van der Waals surface area (Å²) in [7, 11) is 0. The number of aromatic nitrogens is 1. The predicted molar refractivity (Wildman–Crippen MR) is 102 cm³/mol. The lowest BCUT2D eigenvalue weighted by atomic mass is 10.1. The number of fused-ring (bicyclic) bond motifs is 1. The maximum absolute atomic E-state index is 13.8. The molecular formula is C19H13ClF2N2O6. The van der Waals surface area contributed by atoms with Crippen molar-refractivity contribution in [3.05, 3.63) is 68.5 Å². The molecule has 0 spiro atoms. The molecule has 3 aromatic rings. The predicted octanol–water partition coefficient (Wildman–Crippen LogP) is 2.56. The Hall–Kier alpha value is -3.66. The number of aromatic amines is 1. The van der Waals surface area contributed by atoms with Crippen LogP contribution in [0.2, 0.25) is 5.02 Å². The molecule has 1 aromatic heterocycles. The topological polar surface area (TPSA) is 129 Å². The van der Waals surface area contributed by atoms with Crippen molar-refractivity contribution >= 4 is 34.4 Å². The first kappa shape index (κ1) is 21.1. The molecule has 0 fully saturated rings. The van der Waals surface area contributed by atoms with E-state index >= 15 is 0 Å². The van der Waals surface area contributed by atoms with E-state index in [4.69, 9.17) is 21.4 Å². The van der Waals surface area contributed by atoms with Crippen molar-refractivity contribution in [1.29, 1.82) is 0 Å². The van der Waals surface area contributed by atoms with Gasteiger partial charge < -0.3 is 25.3 Å². The zero-order valence-electron chi connectivity index (χ0n) is 15.0. The summed E-state index contributed by atoms with van der Waals surface area (Å²) in [5.74, 6) is -5.07. The zero-order chi connectivity index (χ0) is 22.0. The summed E-state index contributed by atoms with van der Waals surface area (Å²) < 4.78 is 33.1. The van der Waals surface area contributed by atoms with E-state index in [-0.39, 0.29) is 27.2 Å². The minimum absolute atomic E-state index is 0.0302. The number of aromatic hydroxyl groups is 1. The molecular weight excluding hydrogens is 426 g/mol. The number of carbonyl (C=O) groups excluding carboxylic acids is 1. The molecule has 11 heteroatoms. The van der Waals surface area contributed by atoms with E-state index in [1.165, 1.54) is 18.2 Å². The smallest absolute Gasteiger partial charge is 0.322 e. The summed E-state index contributed by atoms with van der Waals surface area (Å²) in [4.78, 5) is 37.3. The monoisotopic (exact) mass is 438 g/mol. The molecule has 2 aromatic carbocycles. The maximum Gasteiger partial charge on any atom is 0.322 e. The lowest BCUT2D eigenvalue weighted by Crippen LogP contribution is -2.33. The van der Waals surface area contributed by atoms with Crippen molar-refractivity contribution in [3.8, 4) is 11.5 Å². The number of carbonyl (C=O) groups is 2. The van der Waals surface area contributed by atoms with Crippen LogP contribution in [0.25, 0.3) is 10.9 Å². The van der Waals surface area contributed by atoms with Crippen LogP contribution in [0.1, 0.15) is 15.9 Å². The number of amides is 1. The highest BCUT2D eigenvalue weighted by Gasteiger charge is 2.22. The summed E-state index contributed by atoms with van der Waals surface area (Å²) in [5.41, 5.74) is -2.25. The first-order valence-corrected chi connectivity index (χ1v) is 8.71. The molecule has 0 saturated carbocycles. The number of carboxylic acid groups (broad SMARTS) is 1. The minimum Gasteiger partial charge on any atom is -0.506 e. The number of ether oxygens (including phenoxy) is 1. The lowest BCUT2D eigenvalue weighted by Gasteiger charge is -2.14. The molecule has 0 bridgehead atoms. The molecule has 0 saturated heterocycles. The van der Waals surface area contributed by atoms with Gasteiger partial charge >= 0.3 is 5.97 Å². The number of benzene rings is 2. The molecule has 8 nitrogen and oxygen atoms in total. The van der Waals surface area contributed by atoms with Crippen LogP contribution in [0.5, 0.6) is 11.5 Å². The summed E-state index contributed by atoms with van der Waals surface area (Å²) in [5, 5.41) is 20.9. The highest BCUT2D eigenvalue weighted by Crippen LogP contribution is 2.36. The van der Waals surface area contributed by atoms with Gasteiger partial charge in [-0.25, -0.2) is 8.78 Å². The summed E-state index contributed by atoms with van der Waals surface area (Å²) in [6, 6.07) is 5.84. The Morgan fingerprint density at radius 1 is 1.17 bits per heavy atom. The van der Waals surface area contributed by atoms with Gasteiger partial charge in [-0.1, -0.05) is 17.7 Å². The van der Waals surface area contributed by atoms with E-state index in [0.29, 0.717) is 0 Å². The van der Waals surface area contributed by atoms with Crippen LogP contribution in [-0.4, -0.2) is 33.6 Å². The molecule has 0 aliphatic heterocycles. The van der Waals surface area contributed by atoms with E-state index in [9.17, 15) is 28.3 Å². The molecule has 0 radical (unpaired) electrons. The average Bonchev–Trinajstić information content (AvgIpc) is 2.67. The first-order valence-electron chi connectivity index (χ1n) is 8.33. The van der Waals surface area contributed by atoms with Crippen LogP contribution in [0, 0.1) is 11.6 Å². The molecule has 156 valence electrons. The van der Waals surface area contributed by atoms with Gasteiger partial charge in [-0.3, -0.25) is 14.4 Å². The molecule has 0 unspecified atom stereocenters. The van der Waals surface area contributed by atoms with E-state index in [0.717, 1.165) is 12.1 Å². The quantitative estimate of drug-likeness (QED) is 0.468. The van der Waals surface area contributed by atoms with Gasteiger partial charge in [0, 0.05) is 5.39 Å². The van der Waals surface area contributed by atoms with E-state index in [2.05, 4.69) is 4.98 Å². The number of halogens is 3. The van der Waals surface area contributed by atoms with Gasteiger partial charge in [0.15, 0.2) is 5.75 Å². The first-order chi connectivity index (χ1) is 14.2. The van der Waals surface area contributed by atoms with Crippen LogP contribution in [0.15, 0.2) is 35.1 Å². The summed E-state index contributed by atoms with van der Waals surface area (Å²) >= 11 is 6.08. The number of hydrogen-bond donors (Lipinski definition) is 4. The SMILES string of the molecule is O=C(O)CNC(=O)c1c(O)c2ccc(Cl)c(OCc3c(F)cccc3F)c2[nH]c1=O. The Morgan fingerprint density at radius 2 is 1.83 bits per heavy atom. The van der Waals surface area contributed by atoms with Gasteiger partial charge in [0.1, 0.15) is 36.1 Å². The molecule has 30 heavy (non-hydrogen) atoms. The normalized spacial score (nSPS) is 10.8. The van der Waals surface area contributed by atoms with Crippen molar-refractivity contribution in [1.82, 2.24) is 10.3 Å². The molecule has 3 rings (SSSR count). The van der Waals surface area contributed by atoms with E-state index < -0.39 is 53.5 Å². The second-order valence-electron chi connectivity index (χ2n) is 6.04. The molecule has 1 amide bonds. The van der Waals surface area contributed by atoms with Gasteiger partial charge in [-0.15, -0.1) is 0 Å². The zero-order valence-corrected chi connectivity index (χ0v) is 15.7. The molecule has 4 N–H and O–H groups in total. The maximum atomic E-state index is 13.8. The molecule has 0 aliphatic rings. The Balaban J connectivity index is 2.04. The fourth-order valence-electron chi connectivity index (χ4n) is 2.71. The fourth-order valence-corrected chi connectivity index (χ4v) is 2.92. The van der Waals surface area contributed by atoms with Gasteiger partial charge in [-0.05, 0) is 24.3 Å². The summed E-state index contributed by atoms with van der Waals surface area (Å²) in [6.45, 7) is -1.33. The number of nitrogens with one attached hydrogen (secondary N) is 2. The molecule has 0 atom stereocenters. The third-order valence-corrected chi connectivity index (χ3v) is 4.41. The van der Waals surface area contributed by atoms with Crippen molar-refractivity contribution in [2.75, 3.05) is 6.54 Å². The van der Waals surface area contributed by atoms with Crippen molar-refractivity contribution in [2.24, 2.45) is 0 Å². The largest absolute Gasteiger partial charge is 0.506 e. The number of carboxylic acids is 1. The number of hydrogen-bond acceptors (Lipinski definition) is 5. The molecule has 0 aliphatic carbocycles. The van der Waals surface area contributed by atoms with Crippen LogP contribution in [-0.2, 0) is 11.4 Å². The lowest BCUT2D eigenvalue weighted by molar-refractivity contribution is -0.135. The van der Waals surface area contributed by atoms with E-state index in [1.54, 1.807) is 0 Å². The van der Waals surface area contributed by atoms with Crippen molar-refractivity contribution in [3.63, 3.8) is 0 Å². The summed E-state index contributed by atoms with van der Waals surface area (Å²) in [6.07, 6.45) is 0. The van der Waals surface area contributed by atoms with Crippen LogP contribution >= 0.6 is 11.6 Å². The standard InChI is InChI=1S/C19H13ClF2N2O6/c20-10-5-4-8-15(17(10)30-7-9-11(21)2-1-3-12(9)22)24-19(29)14(16(8)27)18(28)23-6-13(25)26/h1-5H,6-7H2,(H,23,28)(H,25,26)(H2,24,27,29). The van der Waals surface area contributed by atoms with Gasteiger partial charge in [-0.2, -0.15) is 0 Å². The number of aliphatic carboxylic acids is 1. The van der Waals surface area contributed by atoms with Crippen molar-refractivity contribution < 1.29 is 33.3 Å². The third kappa shape index (κ3) is 4.03. The number of H-pyrrole nitrogens is 1. The minimum atomic E-state index is -1.34. The average molecular weight is 439 g/mol. The van der Waals surface area contributed by atoms with Gasteiger partial charge in [0.25, 0.3) is 11.5 Å². The second kappa shape index (κ2) is 8.37. The van der Waals surface area contributed by atoms with Crippen LogP contribution in [0.3, 0.4) is 0 Å². The fraction of sp³-hybridized carbons (Fsp3) is 0.105. The number of rotatable bonds is 6. The van der Waals surface area contributed by atoms with Gasteiger partial charge in [0.05, 0.1) is 16.1 Å². The highest BCUT2D eigenvalue weighted by atomic mass is 35.5. The Morgan fingerprint density at radius 3 is 2.47 bits per heavy atom. The van der Waals surface area contributed by atoms with E-state index in [1.807, 2.05) is 5.32 Å². The third-order valence-electron chi connectivity index (χ3n) is 4.12. The Bertz CT molecular complexity index is 1210. The number of pyridine rings is 1. The Kier molecular flexibility index (Phi) is 5.88. The van der Waals surface area contributed by atoms with Crippen LogP contribution in [0.4, 0.5) is 8.78 Å². The second-order valence-corrected chi connectivity index (χ2v) is 6.45. The van der Waals surface area contributed by atoms with Crippen molar-refractivity contribution in [2.45, 2.75) is 6.61 Å².